The van der Waals surface area contributed by atoms with Crippen LogP contribution >= 0.6 is 0 Å². The minimum absolute atomic E-state index is 0.146. The molecule has 0 spiro atoms. The predicted octanol–water partition coefficient (Wildman–Crippen LogP) is 2.47. The molecule has 0 aromatic rings. The minimum Gasteiger partial charge on any atom is -0.501 e. The SMILES string of the molecule is COC1=CC(=O)O[C@@H]([C@H](C)C[C@H](C)CC(C)=O)C1. The smallest absolute Gasteiger partial charge is 0.334 e. The summed E-state index contributed by atoms with van der Waals surface area (Å²) in [5, 5.41) is 0. The van der Waals surface area contributed by atoms with Crippen molar-refractivity contribution in [2.45, 2.75) is 46.1 Å². The zero-order valence-corrected chi connectivity index (χ0v) is 11.6. The molecule has 3 atom stereocenters. The van der Waals surface area contributed by atoms with E-state index in [4.69, 9.17) is 9.47 Å². The fourth-order valence-electron chi connectivity index (χ4n) is 2.43. The molecule has 1 aliphatic rings. The highest BCUT2D eigenvalue weighted by Crippen LogP contribution is 2.27. The van der Waals surface area contributed by atoms with Gasteiger partial charge in [0.2, 0.25) is 0 Å². The van der Waals surface area contributed by atoms with Crippen molar-refractivity contribution in [2.75, 3.05) is 7.11 Å². The summed E-state index contributed by atoms with van der Waals surface area (Å²) in [5.74, 6) is 1.07. The average molecular weight is 254 g/mol. The monoisotopic (exact) mass is 254 g/mol. The summed E-state index contributed by atoms with van der Waals surface area (Å²) in [7, 11) is 1.56. The van der Waals surface area contributed by atoms with Crippen molar-refractivity contribution < 1.29 is 19.1 Å². The molecule has 0 fully saturated rings. The first-order chi connectivity index (χ1) is 8.42. The molecular weight excluding hydrogens is 232 g/mol. The van der Waals surface area contributed by atoms with Crippen LogP contribution in [0.15, 0.2) is 11.8 Å². The summed E-state index contributed by atoms with van der Waals surface area (Å²) in [6.45, 7) is 5.70. The predicted molar refractivity (Wildman–Crippen MR) is 67.8 cm³/mol. The highest BCUT2D eigenvalue weighted by Gasteiger charge is 2.28. The number of Topliss-reactive ketones (excluding diaryl/α,β-unsaturated/α-hetero) is 1. The van der Waals surface area contributed by atoms with Crippen LogP contribution in [0.1, 0.15) is 40.0 Å². The van der Waals surface area contributed by atoms with E-state index in [1.165, 1.54) is 6.08 Å². The lowest BCUT2D eigenvalue weighted by molar-refractivity contribution is -0.148. The van der Waals surface area contributed by atoms with Crippen molar-refractivity contribution in [3.63, 3.8) is 0 Å². The van der Waals surface area contributed by atoms with E-state index in [0.717, 1.165) is 6.42 Å². The third-order valence-corrected chi connectivity index (χ3v) is 3.26. The number of esters is 1. The van der Waals surface area contributed by atoms with Gasteiger partial charge in [0.1, 0.15) is 17.6 Å². The number of hydrogen-bond donors (Lipinski definition) is 0. The summed E-state index contributed by atoms with van der Waals surface area (Å²) in [6.07, 6.45) is 3.32. The Balaban J connectivity index is 2.52. The van der Waals surface area contributed by atoms with E-state index in [9.17, 15) is 9.59 Å². The highest BCUT2D eigenvalue weighted by atomic mass is 16.6. The lowest BCUT2D eigenvalue weighted by Gasteiger charge is -2.28. The van der Waals surface area contributed by atoms with Crippen molar-refractivity contribution in [1.82, 2.24) is 0 Å². The van der Waals surface area contributed by atoms with E-state index in [1.807, 2.05) is 6.92 Å². The summed E-state index contributed by atoms with van der Waals surface area (Å²) < 4.78 is 10.4. The van der Waals surface area contributed by atoms with Gasteiger partial charge in [0.15, 0.2) is 0 Å². The molecule has 102 valence electrons. The molecule has 0 saturated carbocycles. The van der Waals surface area contributed by atoms with E-state index in [0.29, 0.717) is 24.5 Å². The molecule has 0 amide bonds. The van der Waals surface area contributed by atoms with E-state index < -0.39 is 0 Å². The number of carbonyl (C=O) groups is 2. The first kappa shape index (κ1) is 14.7. The first-order valence-corrected chi connectivity index (χ1v) is 6.37. The Morgan fingerprint density at radius 2 is 2.22 bits per heavy atom. The van der Waals surface area contributed by atoms with Crippen molar-refractivity contribution in [1.29, 1.82) is 0 Å². The summed E-state index contributed by atoms with van der Waals surface area (Å²) in [4.78, 5) is 22.4. The summed E-state index contributed by atoms with van der Waals surface area (Å²) in [5.41, 5.74) is 0. The van der Waals surface area contributed by atoms with Crippen LogP contribution < -0.4 is 0 Å². The summed E-state index contributed by atoms with van der Waals surface area (Å²) in [6, 6.07) is 0. The topological polar surface area (TPSA) is 52.6 Å². The number of carbonyl (C=O) groups excluding carboxylic acids is 2. The number of cyclic esters (lactones) is 1. The Bertz CT molecular complexity index is 346. The zero-order valence-electron chi connectivity index (χ0n) is 11.6. The van der Waals surface area contributed by atoms with Crippen molar-refractivity contribution in [3.05, 3.63) is 11.8 Å². The fourth-order valence-corrected chi connectivity index (χ4v) is 2.43. The molecule has 1 heterocycles. The molecule has 0 aromatic heterocycles. The third kappa shape index (κ3) is 4.51. The van der Waals surface area contributed by atoms with E-state index in [1.54, 1.807) is 14.0 Å². The maximum absolute atomic E-state index is 11.4. The van der Waals surface area contributed by atoms with Crippen LogP contribution in [0, 0.1) is 11.8 Å². The Morgan fingerprint density at radius 3 is 2.78 bits per heavy atom. The molecule has 0 N–H and O–H groups in total. The molecule has 18 heavy (non-hydrogen) atoms. The number of methoxy groups -OCH3 is 1. The zero-order chi connectivity index (χ0) is 13.7. The average Bonchev–Trinajstić information content (AvgIpc) is 2.26. The first-order valence-electron chi connectivity index (χ1n) is 6.37. The van der Waals surface area contributed by atoms with Gasteiger partial charge < -0.3 is 14.3 Å². The number of ether oxygens (including phenoxy) is 2. The second-order valence-electron chi connectivity index (χ2n) is 5.22. The molecule has 1 rings (SSSR count). The van der Waals surface area contributed by atoms with E-state index in [-0.39, 0.29) is 23.8 Å². The largest absolute Gasteiger partial charge is 0.501 e. The molecule has 0 saturated heterocycles. The molecule has 1 aliphatic heterocycles. The van der Waals surface area contributed by atoms with Crippen LogP contribution in [-0.2, 0) is 19.1 Å². The second-order valence-corrected chi connectivity index (χ2v) is 5.22. The highest BCUT2D eigenvalue weighted by molar-refractivity contribution is 5.83. The quantitative estimate of drug-likeness (QED) is 0.683. The number of hydrogen-bond acceptors (Lipinski definition) is 4. The van der Waals surface area contributed by atoms with E-state index in [2.05, 4.69) is 6.92 Å². The lowest BCUT2D eigenvalue weighted by atomic mass is 9.88. The molecule has 0 radical (unpaired) electrons. The van der Waals surface area contributed by atoms with Crippen LogP contribution in [0.4, 0.5) is 0 Å². The van der Waals surface area contributed by atoms with Gasteiger partial charge in [0.25, 0.3) is 0 Å². The molecule has 4 nitrogen and oxygen atoms in total. The van der Waals surface area contributed by atoms with Gasteiger partial charge in [-0.05, 0) is 25.2 Å². The van der Waals surface area contributed by atoms with Gasteiger partial charge in [0, 0.05) is 12.8 Å². The van der Waals surface area contributed by atoms with Crippen LogP contribution in [0.5, 0.6) is 0 Å². The van der Waals surface area contributed by atoms with Gasteiger partial charge >= 0.3 is 5.97 Å². The van der Waals surface area contributed by atoms with Gasteiger partial charge in [-0.15, -0.1) is 0 Å². The van der Waals surface area contributed by atoms with Crippen molar-refractivity contribution in [2.24, 2.45) is 11.8 Å². The standard InChI is InChI=1S/C14H22O4/c1-9(6-11(3)15)5-10(2)13-7-12(17-4)8-14(16)18-13/h8-10,13H,5-7H2,1-4H3/t9-,10+,13+/m0/s1. The molecule has 0 bridgehead atoms. The number of ketones is 1. The van der Waals surface area contributed by atoms with Gasteiger partial charge in [-0.25, -0.2) is 4.79 Å². The normalized spacial score (nSPS) is 22.8. The molecule has 0 aliphatic carbocycles. The Morgan fingerprint density at radius 1 is 1.56 bits per heavy atom. The molecular formula is C14H22O4. The summed E-state index contributed by atoms with van der Waals surface area (Å²) >= 11 is 0. The van der Waals surface area contributed by atoms with Gasteiger partial charge in [-0.2, -0.15) is 0 Å². The third-order valence-electron chi connectivity index (χ3n) is 3.26. The van der Waals surface area contributed by atoms with Gasteiger partial charge in [-0.3, -0.25) is 0 Å². The molecule has 0 unspecified atom stereocenters. The Hall–Kier alpha value is -1.32. The maximum Gasteiger partial charge on any atom is 0.334 e. The van der Waals surface area contributed by atoms with Crippen LogP contribution in [0.2, 0.25) is 0 Å². The van der Waals surface area contributed by atoms with Crippen LogP contribution in [0.25, 0.3) is 0 Å². The second kappa shape index (κ2) is 6.57. The van der Waals surface area contributed by atoms with Crippen LogP contribution in [-0.4, -0.2) is 25.0 Å². The van der Waals surface area contributed by atoms with Gasteiger partial charge in [0.05, 0.1) is 13.2 Å². The Kier molecular flexibility index (Phi) is 5.38. The minimum atomic E-state index is -0.339. The Labute approximate surface area is 108 Å². The van der Waals surface area contributed by atoms with Crippen molar-refractivity contribution >= 4 is 11.8 Å². The maximum atomic E-state index is 11.4. The van der Waals surface area contributed by atoms with Crippen LogP contribution in [0.3, 0.4) is 0 Å². The molecule has 4 heteroatoms. The van der Waals surface area contributed by atoms with Crippen molar-refractivity contribution in [3.8, 4) is 0 Å². The molecule has 0 aromatic carbocycles. The van der Waals surface area contributed by atoms with E-state index >= 15 is 0 Å². The van der Waals surface area contributed by atoms with Gasteiger partial charge in [-0.1, -0.05) is 13.8 Å². The lowest BCUT2D eigenvalue weighted by Crippen LogP contribution is -2.30. The number of rotatable bonds is 6. The fraction of sp³-hybridized carbons (Fsp3) is 0.714.